The van der Waals surface area contributed by atoms with Gasteiger partial charge in [0.05, 0.1) is 5.52 Å². The van der Waals surface area contributed by atoms with Crippen LogP contribution in [0.4, 0.5) is 4.79 Å². The first-order valence-electron chi connectivity index (χ1n) is 9.50. The fraction of sp³-hybridized carbons (Fsp3) is 0.476. The molecular weight excluding hydrogens is 358 g/mol. The Hall–Kier alpha value is -2.83. The third-order valence-corrected chi connectivity index (χ3v) is 4.69. The van der Waals surface area contributed by atoms with E-state index in [9.17, 15) is 14.4 Å². The van der Waals surface area contributed by atoms with E-state index < -0.39 is 23.8 Å². The Labute approximate surface area is 164 Å². The number of carbonyl (C=O) groups is 3. The van der Waals surface area contributed by atoms with Crippen molar-refractivity contribution in [1.82, 2.24) is 15.2 Å². The minimum absolute atomic E-state index is 0.0129. The minimum atomic E-state index is -0.680. The number of rotatable bonds is 3. The maximum atomic E-state index is 12.6. The summed E-state index contributed by atoms with van der Waals surface area (Å²) >= 11 is 0. The Balaban J connectivity index is 1.89. The van der Waals surface area contributed by atoms with E-state index in [1.54, 1.807) is 6.20 Å². The summed E-state index contributed by atoms with van der Waals surface area (Å²) in [5, 5.41) is 6.45. The van der Waals surface area contributed by atoms with E-state index in [1.807, 2.05) is 58.9 Å². The monoisotopic (exact) mass is 385 g/mol. The first kappa shape index (κ1) is 19.9. The Morgan fingerprint density at radius 1 is 1.14 bits per heavy atom. The Kier molecular flexibility index (Phi) is 5.19. The second-order valence-corrected chi connectivity index (χ2v) is 8.52. The van der Waals surface area contributed by atoms with Crippen LogP contribution in [0.1, 0.15) is 40.2 Å². The number of para-hydroxylation sites is 1. The van der Waals surface area contributed by atoms with Crippen LogP contribution in [0.3, 0.4) is 0 Å². The summed E-state index contributed by atoms with van der Waals surface area (Å²) in [6.07, 6.45) is 1.50. The second-order valence-electron chi connectivity index (χ2n) is 8.52. The van der Waals surface area contributed by atoms with E-state index in [0.29, 0.717) is 11.9 Å². The topological polar surface area (TPSA) is 89.4 Å². The molecule has 2 atom stereocenters. The van der Waals surface area contributed by atoms with Crippen LogP contribution in [0.15, 0.2) is 30.5 Å². The summed E-state index contributed by atoms with van der Waals surface area (Å²) in [6, 6.07) is 6.24. The van der Waals surface area contributed by atoms with Gasteiger partial charge in [-0.05, 0) is 38.3 Å². The lowest BCUT2D eigenvalue weighted by Crippen LogP contribution is -2.63. The number of carbonyl (C=O) groups excluding carboxylic acids is 3. The molecule has 1 aliphatic rings. The average Bonchev–Trinajstić information content (AvgIpc) is 2.95. The number of fused-ring (bicyclic) bond motifs is 1. The molecule has 150 valence electrons. The lowest BCUT2D eigenvalue weighted by atomic mass is 9.97. The van der Waals surface area contributed by atoms with Crippen molar-refractivity contribution in [3.63, 3.8) is 0 Å². The van der Waals surface area contributed by atoms with E-state index in [-0.39, 0.29) is 17.7 Å². The molecule has 1 aliphatic heterocycles. The highest BCUT2D eigenvalue weighted by atomic mass is 16.6. The van der Waals surface area contributed by atoms with Crippen LogP contribution in [-0.2, 0) is 20.7 Å². The van der Waals surface area contributed by atoms with Crippen LogP contribution in [0.5, 0.6) is 0 Å². The maximum Gasteiger partial charge on any atom is 0.419 e. The molecule has 0 saturated carbocycles. The number of benzene rings is 1. The van der Waals surface area contributed by atoms with E-state index in [0.717, 1.165) is 10.9 Å². The first-order chi connectivity index (χ1) is 13.1. The summed E-state index contributed by atoms with van der Waals surface area (Å²) in [5.74, 6) is -0.387. The van der Waals surface area contributed by atoms with E-state index >= 15 is 0 Å². The quantitative estimate of drug-likeness (QED) is 0.850. The van der Waals surface area contributed by atoms with Crippen LogP contribution in [0, 0.1) is 5.92 Å². The Morgan fingerprint density at radius 3 is 2.46 bits per heavy atom. The molecule has 0 unspecified atom stereocenters. The second kappa shape index (κ2) is 7.30. The molecule has 0 aliphatic carbocycles. The van der Waals surface area contributed by atoms with Crippen molar-refractivity contribution in [2.75, 3.05) is 0 Å². The molecule has 2 aromatic rings. The van der Waals surface area contributed by atoms with Gasteiger partial charge in [0.15, 0.2) is 0 Å². The third-order valence-electron chi connectivity index (χ3n) is 4.69. The predicted octanol–water partition coefficient (Wildman–Crippen LogP) is 2.61. The number of amides is 2. The lowest BCUT2D eigenvalue weighted by Gasteiger charge is -2.31. The highest BCUT2D eigenvalue weighted by Crippen LogP contribution is 2.24. The van der Waals surface area contributed by atoms with Crippen LogP contribution in [0.25, 0.3) is 10.9 Å². The molecular formula is C21H27N3O4. The van der Waals surface area contributed by atoms with Crippen LogP contribution < -0.4 is 10.6 Å². The van der Waals surface area contributed by atoms with Crippen molar-refractivity contribution in [3.8, 4) is 0 Å². The number of piperazine rings is 1. The van der Waals surface area contributed by atoms with Crippen molar-refractivity contribution in [2.45, 2.75) is 58.7 Å². The van der Waals surface area contributed by atoms with Gasteiger partial charge >= 0.3 is 6.09 Å². The normalized spacial score (nSPS) is 20.2. The summed E-state index contributed by atoms with van der Waals surface area (Å²) in [5.41, 5.74) is 0.880. The van der Waals surface area contributed by atoms with E-state index in [1.165, 1.54) is 4.57 Å². The smallest absolute Gasteiger partial charge is 0.419 e. The molecule has 3 rings (SSSR count). The van der Waals surface area contributed by atoms with Crippen molar-refractivity contribution >= 4 is 28.8 Å². The number of nitrogens with zero attached hydrogens (tertiary/aromatic N) is 1. The SMILES string of the molecule is CC(C)[C@@H]1NC(=O)[C@H](Cc2cn(C(=O)OC(C)(C)C)c3ccccc23)NC1=O. The Morgan fingerprint density at radius 2 is 1.82 bits per heavy atom. The molecule has 0 spiro atoms. The summed E-state index contributed by atoms with van der Waals surface area (Å²) < 4.78 is 6.94. The zero-order chi connectivity index (χ0) is 20.6. The Bertz CT molecular complexity index is 923. The predicted molar refractivity (Wildman–Crippen MR) is 106 cm³/mol. The van der Waals surface area contributed by atoms with Crippen LogP contribution in [-0.4, -0.2) is 40.2 Å². The largest absolute Gasteiger partial charge is 0.443 e. The fourth-order valence-electron chi connectivity index (χ4n) is 3.35. The van der Waals surface area contributed by atoms with E-state index in [2.05, 4.69) is 10.6 Å². The van der Waals surface area contributed by atoms with Gasteiger partial charge in [-0.3, -0.25) is 14.2 Å². The number of aromatic nitrogens is 1. The number of hydrogen-bond acceptors (Lipinski definition) is 4. The average molecular weight is 385 g/mol. The van der Waals surface area contributed by atoms with Crippen molar-refractivity contribution < 1.29 is 19.1 Å². The highest BCUT2D eigenvalue weighted by Gasteiger charge is 2.35. The third kappa shape index (κ3) is 4.03. The van der Waals surface area contributed by atoms with Crippen LogP contribution in [0.2, 0.25) is 0 Å². The standard InChI is InChI=1S/C21H27N3O4/c1-12(2)17-19(26)22-15(18(25)23-17)10-13-11-24(20(27)28-21(3,4)5)16-9-7-6-8-14(13)16/h6-9,11-12,15,17H,10H2,1-5H3,(H,22,26)(H,23,25)/t15-,17-/m0/s1. The lowest BCUT2D eigenvalue weighted by molar-refractivity contribution is -0.137. The molecule has 2 heterocycles. The number of ether oxygens (including phenoxy) is 1. The van der Waals surface area contributed by atoms with Gasteiger partial charge in [0, 0.05) is 18.0 Å². The van der Waals surface area contributed by atoms with Gasteiger partial charge in [0.1, 0.15) is 17.7 Å². The maximum absolute atomic E-state index is 12.6. The van der Waals surface area contributed by atoms with Gasteiger partial charge in [-0.15, -0.1) is 0 Å². The molecule has 28 heavy (non-hydrogen) atoms. The van der Waals surface area contributed by atoms with Crippen molar-refractivity contribution in [2.24, 2.45) is 5.92 Å². The zero-order valence-corrected chi connectivity index (χ0v) is 16.9. The molecule has 2 amide bonds. The van der Waals surface area contributed by atoms with Gasteiger partial charge in [0.25, 0.3) is 0 Å². The molecule has 1 fully saturated rings. The molecule has 7 nitrogen and oxygen atoms in total. The molecule has 1 aromatic carbocycles. The summed E-state index contributed by atoms with van der Waals surface area (Å²) in [4.78, 5) is 37.4. The zero-order valence-electron chi connectivity index (χ0n) is 16.9. The molecule has 7 heteroatoms. The molecule has 0 radical (unpaired) electrons. The van der Waals surface area contributed by atoms with Gasteiger partial charge < -0.3 is 15.4 Å². The van der Waals surface area contributed by atoms with Crippen molar-refractivity contribution in [1.29, 1.82) is 0 Å². The van der Waals surface area contributed by atoms with E-state index in [4.69, 9.17) is 4.74 Å². The van der Waals surface area contributed by atoms with Gasteiger partial charge in [0.2, 0.25) is 11.8 Å². The van der Waals surface area contributed by atoms with Crippen LogP contribution >= 0.6 is 0 Å². The summed E-state index contributed by atoms with van der Waals surface area (Å²) in [7, 11) is 0. The fourth-order valence-corrected chi connectivity index (χ4v) is 3.35. The number of hydrogen-bond donors (Lipinski definition) is 2. The number of nitrogens with one attached hydrogen (secondary N) is 2. The minimum Gasteiger partial charge on any atom is -0.443 e. The molecule has 0 bridgehead atoms. The molecule has 1 aromatic heterocycles. The van der Waals surface area contributed by atoms with Gasteiger partial charge in [-0.1, -0.05) is 32.0 Å². The molecule has 2 N–H and O–H groups in total. The summed E-state index contributed by atoms with van der Waals surface area (Å²) in [6.45, 7) is 9.21. The van der Waals surface area contributed by atoms with Crippen molar-refractivity contribution in [3.05, 3.63) is 36.0 Å². The highest BCUT2D eigenvalue weighted by molar-refractivity contribution is 5.98. The van der Waals surface area contributed by atoms with Gasteiger partial charge in [-0.25, -0.2) is 4.79 Å². The molecule has 1 saturated heterocycles. The first-order valence-corrected chi connectivity index (χ1v) is 9.50. The van der Waals surface area contributed by atoms with Gasteiger partial charge in [-0.2, -0.15) is 0 Å².